The predicted molar refractivity (Wildman–Crippen MR) is 99.7 cm³/mol. The maximum Gasteiger partial charge on any atom is 0.253 e. The van der Waals surface area contributed by atoms with E-state index >= 15 is 0 Å². The first kappa shape index (κ1) is 18.2. The van der Waals surface area contributed by atoms with Gasteiger partial charge in [-0.05, 0) is 68.3 Å². The Morgan fingerprint density at radius 3 is 2.27 bits per heavy atom. The minimum Gasteiger partial charge on any atom is -0.494 e. The molecule has 0 aromatic heterocycles. The van der Waals surface area contributed by atoms with E-state index in [4.69, 9.17) is 19.9 Å². The average Bonchev–Trinajstić information content (AvgIpc) is 3.15. The number of hydrogen-bond donors (Lipinski definition) is 2. The summed E-state index contributed by atoms with van der Waals surface area (Å²) < 4.78 is 16.8. The fourth-order valence-corrected chi connectivity index (χ4v) is 2.81. The van der Waals surface area contributed by atoms with Crippen molar-refractivity contribution in [3.63, 3.8) is 0 Å². The van der Waals surface area contributed by atoms with Crippen molar-refractivity contribution in [2.45, 2.75) is 32.0 Å². The van der Waals surface area contributed by atoms with Crippen molar-refractivity contribution in [2.24, 2.45) is 5.73 Å². The molecule has 0 radical (unpaired) electrons. The van der Waals surface area contributed by atoms with Gasteiger partial charge >= 0.3 is 0 Å². The molecule has 0 aliphatic carbocycles. The zero-order valence-electron chi connectivity index (χ0n) is 14.8. The molecule has 2 aromatic carbocycles. The molecule has 2 atom stereocenters. The van der Waals surface area contributed by atoms with Gasteiger partial charge in [0.2, 0.25) is 0 Å². The maximum absolute atomic E-state index is 12.2. The molecule has 1 saturated heterocycles. The molecule has 3 rings (SSSR count). The van der Waals surface area contributed by atoms with Crippen LogP contribution in [0.4, 0.5) is 5.69 Å². The minimum absolute atomic E-state index is 0.0179. The molecule has 0 bridgehead atoms. The van der Waals surface area contributed by atoms with Gasteiger partial charge in [0.15, 0.2) is 0 Å². The summed E-state index contributed by atoms with van der Waals surface area (Å²) >= 11 is 0. The Labute approximate surface area is 153 Å². The molecular formula is C20H24N2O4. The van der Waals surface area contributed by atoms with Crippen molar-refractivity contribution in [1.29, 1.82) is 0 Å². The second-order valence-electron chi connectivity index (χ2n) is 6.08. The summed E-state index contributed by atoms with van der Waals surface area (Å²) in [6.45, 7) is 3.02. The van der Waals surface area contributed by atoms with Crippen LogP contribution >= 0.6 is 0 Å². The third kappa shape index (κ3) is 4.74. The molecule has 6 heteroatoms. The standard InChI is InChI=1S/C20H24N2O4/c1-2-24-15-7-9-17(10-8-15)25-16-5-3-14(4-6-16)22-20(23)19-12-11-18(13-21)26-19/h3-10,18-19H,2,11-13,21H2,1H3,(H,22,23)/t18-,19+/m1/s1. The summed E-state index contributed by atoms with van der Waals surface area (Å²) in [6, 6.07) is 14.7. The van der Waals surface area contributed by atoms with Crippen LogP contribution in [0, 0.1) is 0 Å². The van der Waals surface area contributed by atoms with Crippen LogP contribution in [0.5, 0.6) is 17.2 Å². The van der Waals surface area contributed by atoms with Gasteiger partial charge in [0.25, 0.3) is 5.91 Å². The summed E-state index contributed by atoms with van der Waals surface area (Å²) in [7, 11) is 0. The van der Waals surface area contributed by atoms with E-state index in [0.717, 1.165) is 17.9 Å². The van der Waals surface area contributed by atoms with Crippen LogP contribution in [0.2, 0.25) is 0 Å². The molecule has 1 aliphatic heterocycles. The number of carbonyl (C=O) groups is 1. The van der Waals surface area contributed by atoms with Gasteiger partial charge in [-0.2, -0.15) is 0 Å². The van der Waals surface area contributed by atoms with Crippen molar-refractivity contribution in [1.82, 2.24) is 0 Å². The summed E-state index contributed by atoms with van der Waals surface area (Å²) in [5.41, 5.74) is 6.28. The van der Waals surface area contributed by atoms with Crippen LogP contribution in [-0.2, 0) is 9.53 Å². The fraction of sp³-hybridized carbons (Fsp3) is 0.350. The first-order valence-electron chi connectivity index (χ1n) is 8.85. The van der Waals surface area contributed by atoms with Gasteiger partial charge in [-0.3, -0.25) is 4.79 Å². The number of ether oxygens (including phenoxy) is 3. The molecule has 138 valence electrons. The van der Waals surface area contributed by atoms with Crippen LogP contribution in [-0.4, -0.2) is 31.3 Å². The number of amides is 1. The average molecular weight is 356 g/mol. The molecule has 26 heavy (non-hydrogen) atoms. The van der Waals surface area contributed by atoms with Crippen molar-refractivity contribution in [3.05, 3.63) is 48.5 Å². The lowest BCUT2D eigenvalue weighted by Crippen LogP contribution is -2.29. The summed E-state index contributed by atoms with van der Waals surface area (Å²) in [6.07, 6.45) is 1.08. The second kappa shape index (κ2) is 8.69. The molecule has 1 amide bonds. The molecule has 1 heterocycles. The van der Waals surface area contributed by atoms with Crippen molar-refractivity contribution < 1.29 is 19.0 Å². The zero-order valence-corrected chi connectivity index (χ0v) is 14.8. The van der Waals surface area contributed by atoms with Crippen molar-refractivity contribution in [2.75, 3.05) is 18.5 Å². The maximum atomic E-state index is 12.2. The topological polar surface area (TPSA) is 82.8 Å². The normalized spacial score (nSPS) is 19.2. The molecule has 3 N–H and O–H groups in total. The van der Waals surface area contributed by atoms with E-state index in [0.29, 0.717) is 31.0 Å². The molecule has 0 unspecified atom stereocenters. The van der Waals surface area contributed by atoms with E-state index in [-0.39, 0.29) is 12.0 Å². The second-order valence-corrected chi connectivity index (χ2v) is 6.08. The van der Waals surface area contributed by atoms with Crippen LogP contribution < -0.4 is 20.5 Å². The Morgan fingerprint density at radius 2 is 1.69 bits per heavy atom. The SMILES string of the molecule is CCOc1ccc(Oc2ccc(NC(=O)[C@@H]3CC[C@H](CN)O3)cc2)cc1. The lowest BCUT2D eigenvalue weighted by Gasteiger charge is -2.13. The Hall–Kier alpha value is -2.57. The lowest BCUT2D eigenvalue weighted by molar-refractivity contribution is -0.126. The first-order valence-corrected chi connectivity index (χ1v) is 8.85. The van der Waals surface area contributed by atoms with E-state index in [9.17, 15) is 4.79 Å². The summed E-state index contributed by atoms with van der Waals surface area (Å²) in [5, 5.41) is 2.86. The zero-order chi connectivity index (χ0) is 18.4. The Morgan fingerprint density at radius 1 is 1.08 bits per heavy atom. The molecule has 2 aromatic rings. The number of carbonyl (C=O) groups excluding carboxylic acids is 1. The quantitative estimate of drug-likeness (QED) is 0.795. The van der Waals surface area contributed by atoms with Crippen LogP contribution in [0.15, 0.2) is 48.5 Å². The highest BCUT2D eigenvalue weighted by Gasteiger charge is 2.29. The Kier molecular flexibility index (Phi) is 6.09. The molecule has 0 saturated carbocycles. The van der Waals surface area contributed by atoms with Crippen molar-refractivity contribution in [3.8, 4) is 17.2 Å². The molecule has 1 fully saturated rings. The van der Waals surface area contributed by atoms with E-state index in [1.54, 1.807) is 12.1 Å². The fourth-order valence-electron chi connectivity index (χ4n) is 2.81. The third-order valence-electron chi connectivity index (χ3n) is 4.16. The number of benzene rings is 2. The number of anilines is 1. The Bertz CT molecular complexity index is 716. The Balaban J connectivity index is 1.54. The monoisotopic (exact) mass is 356 g/mol. The first-order chi connectivity index (χ1) is 12.7. The number of nitrogens with two attached hydrogens (primary N) is 1. The molecular weight excluding hydrogens is 332 g/mol. The highest BCUT2D eigenvalue weighted by atomic mass is 16.5. The van der Waals surface area contributed by atoms with Crippen LogP contribution in [0.25, 0.3) is 0 Å². The third-order valence-corrected chi connectivity index (χ3v) is 4.16. The van der Waals surface area contributed by atoms with Crippen molar-refractivity contribution >= 4 is 11.6 Å². The van der Waals surface area contributed by atoms with Gasteiger partial charge in [-0.15, -0.1) is 0 Å². The largest absolute Gasteiger partial charge is 0.494 e. The van der Waals surface area contributed by atoms with Crippen LogP contribution in [0.1, 0.15) is 19.8 Å². The van der Waals surface area contributed by atoms with E-state index < -0.39 is 6.10 Å². The number of nitrogens with one attached hydrogen (secondary N) is 1. The molecule has 1 aliphatic rings. The van der Waals surface area contributed by atoms with Crippen LogP contribution in [0.3, 0.4) is 0 Å². The van der Waals surface area contributed by atoms with E-state index in [1.807, 2.05) is 43.3 Å². The minimum atomic E-state index is -0.427. The molecule has 6 nitrogen and oxygen atoms in total. The van der Waals surface area contributed by atoms with E-state index in [1.165, 1.54) is 0 Å². The van der Waals surface area contributed by atoms with Gasteiger partial charge in [-0.25, -0.2) is 0 Å². The van der Waals surface area contributed by atoms with Gasteiger partial charge in [0.05, 0.1) is 12.7 Å². The summed E-state index contributed by atoms with van der Waals surface area (Å²) in [5.74, 6) is 2.08. The summed E-state index contributed by atoms with van der Waals surface area (Å²) in [4.78, 5) is 12.2. The van der Waals surface area contributed by atoms with E-state index in [2.05, 4.69) is 5.32 Å². The number of hydrogen-bond acceptors (Lipinski definition) is 5. The highest BCUT2D eigenvalue weighted by Crippen LogP contribution is 2.26. The van der Waals surface area contributed by atoms with Gasteiger partial charge in [-0.1, -0.05) is 0 Å². The van der Waals surface area contributed by atoms with Gasteiger partial charge in [0.1, 0.15) is 23.4 Å². The predicted octanol–water partition coefficient (Wildman–Crippen LogP) is 3.32. The highest BCUT2D eigenvalue weighted by molar-refractivity contribution is 5.94. The molecule has 0 spiro atoms. The van der Waals surface area contributed by atoms with Gasteiger partial charge < -0.3 is 25.3 Å². The van der Waals surface area contributed by atoms with Gasteiger partial charge in [0, 0.05) is 12.2 Å². The smallest absolute Gasteiger partial charge is 0.253 e. The lowest BCUT2D eigenvalue weighted by atomic mass is 10.2. The number of rotatable bonds is 7.